The van der Waals surface area contributed by atoms with Gasteiger partial charge in [0.15, 0.2) is 0 Å². The van der Waals surface area contributed by atoms with E-state index in [2.05, 4.69) is 74.6 Å². The van der Waals surface area contributed by atoms with E-state index in [0.717, 1.165) is 54.4 Å². The fourth-order valence-electron chi connectivity index (χ4n) is 3.32. The van der Waals surface area contributed by atoms with Gasteiger partial charge in [-0.25, -0.2) is 4.98 Å². The fourth-order valence-corrected chi connectivity index (χ4v) is 3.32. The van der Waals surface area contributed by atoms with Gasteiger partial charge in [-0.3, -0.25) is 0 Å². The molecule has 0 radical (unpaired) electrons. The van der Waals surface area contributed by atoms with Crippen LogP contribution >= 0.6 is 0 Å². The Bertz CT molecular complexity index is 1000. The molecule has 0 fully saturated rings. The lowest BCUT2D eigenvalue weighted by Gasteiger charge is -2.08. The van der Waals surface area contributed by atoms with Crippen molar-refractivity contribution in [3.63, 3.8) is 0 Å². The number of hydrogen-bond acceptors (Lipinski definition) is 3. The second kappa shape index (κ2) is 7.58. The van der Waals surface area contributed by atoms with Crippen LogP contribution < -0.4 is 0 Å². The Hall–Kier alpha value is -3.21. The number of benzene rings is 1. The average Bonchev–Trinajstić information content (AvgIpc) is 3.41. The van der Waals surface area contributed by atoms with Crippen LogP contribution in [0.15, 0.2) is 73.2 Å². The number of hydrogen-bond donors (Lipinski definition) is 0. The van der Waals surface area contributed by atoms with Crippen LogP contribution in [-0.2, 0) is 19.4 Å². The van der Waals surface area contributed by atoms with Crippen molar-refractivity contribution in [3.05, 3.63) is 90.6 Å². The summed E-state index contributed by atoms with van der Waals surface area (Å²) in [6.45, 7) is 6.75. The van der Waals surface area contributed by atoms with Gasteiger partial charge < -0.3 is 9.13 Å². The maximum absolute atomic E-state index is 4.94. The molecule has 0 saturated heterocycles. The Morgan fingerprint density at radius 2 is 1.96 bits per heavy atom. The average molecular weight is 357 g/mol. The lowest BCUT2D eigenvalue weighted by atomic mass is 10.2. The molecule has 1 aliphatic carbocycles. The predicted molar refractivity (Wildman–Crippen MR) is 108 cm³/mol. The van der Waals surface area contributed by atoms with Crippen LogP contribution in [0.2, 0.25) is 0 Å². The van der Waals surface area contributed by atoms with Crippen molar-refractivity contribution in [2.45, 2.75) is 32.7 Å². The monoisotopic (exact) mass is 357 g/mol. The third kappa shape index (κ3) is 3.82. The summed E-state index contributed by atoms with van der Waals surface area (Å²) in [5.41, 5.74) is 4.52. The number of aryl methyl sites for hydroxylation is 2. The molecule has 3 aromatic rings. The molecule has 27 heavy (non-hydrogen) atoms. The van der Waals surface area contributed by atoms with Gasteiger partial charge in [-0.1, -0.05) is 48.6 Å². The summed E-state index contributed by atoms with van der Waals surface area (Å²) < 4.78 is 4.25. The quantitative estimate of drug-likeness (QED) is 0.596. The summed E-state index contributed by atoms with van der Waals surface area (Å²) in [6.07, 6.45) is 12.8. The van der Waals surface area contributed by atoms with E-state index in [1.54, 1.807) is 6.33 Å². The van der Waals surface area contributed by atoms with E-state index in [-0.39, 0.29) is 0 Å². The van der Waals surface area contributed by atoms with Gasteiger partial charge in [0.1, 0.15) is 18.0 Å². The SMILES string of the molecule is C=C(C)Cn1cnnc1CCc1nc(C2=CC=CC2)cn1-c1ccccc1. The van der Waals surface area contributed by atoms with Crippen molar-refractivity contribution in [2.24, 2.45) is 0 Å². The van der Waals surface area contributed by atoms with E-state index in [1.807, 2.05) is 13.0 Å². The zero-order valence-corrected chi connectivity index (χ0v) is 15.5. The minimum atomic E-state index is 0.749. The van der Waals surface area contributed by atoms with E-state index in [4.69, 9.17) is 4.98 Å². The number of allylic oxidation sites excluding steroid dienone is 5. The molecule has 136 valence electrons. The lowest BCUT2D eigenvalue weighted by molar-refractivity contribution is 0.691. The van der Waals surface area contributed by atoms with Crippen molar-refractivity contribution in [2.75, 3.05) is 0 Å². The minimum absolute atomic E-state index is 0.749. The van der Waals surface area contributed by atoms with Crippen LogP contribution in [0.4, 0.5) is 0 Å². The number of rotatable bonds is 7. The first-order valence-corrected chi connectivity index (χ1v) is 9.21. The first-order valence-electron chi connectivity index (χ1n) is 9.21. The molecule has 5 heteroatoms. The van der Waals surface area contributed by atoms with E-state index < -0.39 is 0 Å². The Labute approximate surface area is 159 Å². The summed E-state index contributed by atoms with van der Waals surface area (Å²) in [7, 11) is 0. The smallest absolute Gasteiger partial charge is 0.133 e. The second-order valence-corrected chi connectivity index (χ2v) is 6.90. The number of nitrogens with zero attached hydrogens (tertiary/aromatic N) is 5. The molecule has 2 aromatic heterocycles. The molecule has 1 aliphatic rings. The van der Waals surface area contributed by atoms with E-state index >= 15 is 0 Å². The third-order valence-electron chi connectivity index (χ3n) is 4.62. The molecule has 4 rings (SSSR count). The maximum Gasteiger partial charge on any atom is 0.133 e. The molecule has 0 amide bonds. The van der Waals surface area contributed by atoms with Gasteiger partial charge >= 0.3 is 0 Å². The van der Waals surface area contributed by atoms with Gasteiger partial charge in [0, 0.05) is 31.3 Å². The van der Waals surface area contributed by atoms with Crippen LogP contribution in [0, 0.1) is 0 Å². The minimum Gasteiger partial charge on any atom is -0.313 e. The van der Waals surface area contributed by atoms with Gasteiger partial charge in [-0.15, -0.1) is 10.2 Å². The van der Waals surface area contributed by atoms with Crippen molar-refractivity contribution in [1.82, 2.24) is 24.3 Å². The summed E-state index contributed by atoms with van der Waals surface area (Å²) in [4.78, 5) is 4.94. The standard InChI is InChI=1S/C22H23N5/c1-17(2)14-26-16-23-25-22(26)13-12-21-24-20(18-8-6-7-9-18)15-27(21)19-10-4-3-5-11-19/h3-8,10-11,15-16H,1,9,12-14H2,2H3. The molecule has 0 N–H and O–H groups in total. The lowest BCUT2D eigenvalue weighted by Crippen LogP contribution is -2.08. The molecular weight excluding hydrogens is 334 g/mol. The Morgan fingerprint density at radius 1 is 1.15 bits per heavy atom. The van der Waals surface area contributed by atoms with Crippen LogP contribution in [0.25, 0.3) is 11.3 Å². The molecule has 0 atom stereocenters. The second-order valence-electron chi connectivity index (χ2n) is 6.90. The molecule has 2 heterocycles. The molecule has 1 aromatic carbocycles. The molecule has 0 saturated carbocycles. The summed E-state index contributed by atoms with van der Waals surface area (Å²) >= 11 is 0. The molecular formula is C22H23N5. The van der Waals surface area contributed by atoms with Crippen LogP contribution in [-0.4, -0.2) is 24.3 Å². The highest BCUT2D eigenvalue weighted by atomic mass is 15.3. The largest absolute Gasteiger partial charge is 0.313 e. The van der Waals surface area contributed by atoms with Crippen LogP contribution in [0.5, 0.6) is 0 Å². The topological polar surface area (TPSA) is 48.5 Å². The van der Waals surface area contributed by atoms with Gasteiger partial charge in [0.25, 0.3) is 0 Å². The highest BCUT2D eigenvalue weighted by Gasteiger charge is 2.15. The predicted octanol–water partition coefficient (Wildman–Crippen LogP) is 4.17. The normalized spacial score (nSPS) is 13.1. The van der Waals surface area contributed by atoms with Gasteiger partial charge in [-0.2, -0.15) is 0 Å². The highest BCUT2D eigenvalue weighted by Crippen LogP contribution is 2.25. The van der Waals surface area contributed by atoms with Crippen LogP contribution in [0.3, 0.4) is 0 Å². The fraction of sp³-hybridized carbons (Fsp3) is 0.227. The van der Waals surface area contributed by atoms with Gasteiger partial charge in [-0.05, 0) is 31.1 Å². The zero-order valence-electron chi connectivity index (χ0n) is 15.5. The molecule has 0 aliphatic heterocycles. The number of para-hydroxylation sites is 1. The maximum atomic E-state index is 4.94. The van der Waals surface area contributed by atoms with E-state index in [0.29, 0.717) is 0 Å². The third-order valence-corrected chi connectivity index (χ3v) is 4.62. The summed E-state index contributed by atoms with van der Waals surface area (Å²) in [5, 5.41) is 8.35. The van der Waals surface area contributed by atoms with Crippen LogP contribution in [0.1, 0.15) is 30.7 Å². The first kappa shape index (κ1) is 17.2. The van der Waals surface area contributed by atoms with Crippen molar-refractivity contribution < 1.29 is 0 Å². The highest BCUT2D eigenvalue weighted by molar-refractivity contribution is 5.68. The van der Waals surface area contributed by atoms with Crippen molar-refractivity contribution >= 4 is 5.57 Å². The Balaban J connectivity index is 1.61. The van der Waals surface area contributed by atoms with Crippen molar-refractivity contribution in [1.29, 1.82) is 0 Å². The number of aromatic nitrogens is 5. The molecule has 5 nitrogen and oxygen atoms in total. The van der Waals surface area contributed by atoms with E-state index in [9.17, 15) is 0 Å². The molecule has 0 bridgehead atoms. The molecule has 0 spiro atoms. The zero-order chi connectivity index (χ0) is 18.6. The van der Waals surface area contributed by atoms with Gasteiger partial charge in [0.2, 0.25) is 0 Å². The first-order chi connectivity index (χ1) is 13.2. The summed E-state index contributed by atoms with van der Waals surface area (Å²) in [6, 6.07) is 10.4. The molecule has 0 unspecified atom stereocenters. The van der Waals surface area contributed by atoms with Gasteiger partial charge in [0.05, 0.1) is 5.69 Å². The Kier molecular flexibility index (Phi) is 4.83. The Morgan fingerprint density at radius 3 is 2.70 bits per heavy atom. The number of imidazole rings is 1. The summed E-state index contributed by atoms with van der Waals surface area (Å²) in [5.74, 6) is 2.00. The van der Waals surface area contributed by atoms with Crippen molar-refractivity contribution in [3.8, 4) is 5.69 Å². The van der Waals surface area contributed by atoms with E-state index in [1.165, 1.54) is 5.57 Å².